The highest BCUT2D eigenvalue weighted by Gasteiger charge is 2.56. The van der Waals surface area contributed by atoms with Crippen LogP contribution in [-0.2, 0) is 57.2 Å². The van der Waals surface area contributed by atoms with Crippen LogP contribution in [0.15, 0.2) is 65.1 Å². The second-order valence-electron chi connectivity index (χ2n) is 19.4. The molecule has 13 unspecified atom stereocenters. The van der Waals surface area contributed by atoms with Gasteiger partial charge < -0.3 is 33.7 Å². The van der Waals surface area contributed by atoms with Crippen molar-refractivity contribution in [1.29, 1.82) is 0 Å². The number of nitrogens with zero attached hydrogens (tertiary/aromatic N) is 2. The van der Waals surface area contributed by atoms with E-state index >= 15 is 0 Å². The number of Topliss-reactive ketones (excluding diaryl/α,β-unsaturated/α-hetero) is 2. The number of benzene rings is 1. The smallest absolute Gasteiger partial charge is 0.329 e. The molecular weight excluding hydrogens is 901 g/mol. The van der Waals surface area contributed by atoms with Crippen LogP contribution in [0.25, 0.3) is 0 Å². The monoisotopic (exact) mass is 972 g/mol. The molecule has 1 aromatic rings. The first-order chi connectivity index (χ1) is 32.2. The molecule has 3 fully saturated rings. The zero-order valence-corrected chi connectivity index (χ0v) is 41.7. The summed E-state index contributed by atoms with van der Waals surface area (Å²) in [6.07, 6.45) is 5.40. The summed E-state index contributed by atoms with van der Waals surface area (Å²) in [7, 11) is -0.0837. The van der Waals surface area contributed by atoms with E-state index in [1.807, 2.05) is 39.8 Å². The maximum Gasteiger partial charge on any atom is 0.329 e. The minimum absolute atomic E-state index is 0.00248. The Morgan fingerprint density at radius 1 is 0.956 bits per heavy atom. The number of piperidine rings is 1. The Morgan fingerprint density at radius 2 is 1.63 bits per heavy atom. The number of rotatable bonds is 11. The third-order valence-corrected chi connectivity index (χ3v) is 15.7. The van der Waals surface area contributed by atoms with E-state index in [2.05, 4.69) is 6.58 Å². The first-order valence-electron chi connectivity index (χ1n) is 23.9. The number of ketones is 2. The van der Waals surface area contributed by atoms with Crippen LogP contribution in [0.1, 0.15) is 112 Å². The van der Waals surface area contributed by atoms with Crippen LogP contribution in [0.3, 0.4) is 0 Å². The highest BCUT2D eigenvalue weighted by molar-refractivity contribution is 7.87. The van der Waals surface area contributed by atoms with Gasteiger partial charge in [0.1, 0.15) is 30.1 Å². The molecule has 3 heterocycles. The van der Waals surface area contributed by atoms with Gasteiger partial charge >= 0.3 is 16.1 Å². The van der Waals surface area contributed by atoms with E-state index in [-0.39, 0.29) is 49.8 Å². The number of aliphatic hydroxyl groups is 1. The number of nitro benzene ring substituents is 1. The van der Waals surface area contributed by atoms with E-state index in [0.29, 0.717) is 56.9 Å². The number of methoxy groups -OCH3 is 3. The third kappa shape index (κ3) is 13.0. The number of ether oxygens (including phenoxy) is 5. The van der Waals surface area contributed by atoms with E-state index in [4.69, 9.17) is 27.9 Å². The summed E-state index contributed by atoms with van der Waals surface area (Å²) in [5.41, 5.74) is 1.04. The summed E-state index contributed by atoms with van der Waals surface area (Å²) in [6.45, 7) is 13.3. The van der Waals surface area contributed by atoms with Gasteiger partial charge in [-0.25, -0.2) is 4.79 Å². The van der Waals surface area contributed by atoms with Gasteiger partial charge in [-0.1, -0.05) is 56.7 Å². The number of allylic oxidation sites excluding steroid dienone is 4. The van der Waals surface area contributed by atoms with Crippen molar-refractivity contribution in [3.63, 3.8) is 0 Å². The third-order valence-electron chi connectivity index (χ3n) is 14.3. The SMILES string of the molecule is C=CCC1/C=C(\C)CC(C)CC(OC)C2OC(O)(C(=O)C(=O)N3CCCCC3C(=O)OC(C(C)=CC3CCC(OS(=O)(=O)c4ccccc4[N+](=O)[O-])C(OC)C3)C(C)CCC1=O)C(C)CC2OC. The van der Waals surface area contributed by atoms with E-state index < -0.39 is 109 Å². The van der Waals surface area contributed by atoms with Gasteiger partial charge in [-0.05, 0) is 114 Å². The number of esters is 1. The molecule has 1 aromatic carbocycles. The largest absolute Gasteiger partial charge is 0.456 e. The molecule has 0 spiro atoms. The van der Waals surface area contributed by atoms with Crippen molar-refractivity contribution < 1.29 is 65.5 Å². The minimum Gasteiger partial charge on any atom is -0.456 e. The number of cyclic esters (lactones) is 1. The lowest BCUT2D eigenvalue weighted by molar-refractivity contribution is -0.387. The van der Waals surface area contributed by atoms with Crippen LogP contribution in [0.4, 0.5) is 5.69 Å². The molecular formula is C50H72N2O15S. The Balaban J connectivity index is 1.47. The van der Waals surface area contributed by atoms with Crippen LogP contribution in [0.5, 0.6) is 0 Å². The first kappa shape index (κ1) is 54.8. The number of para-hydroxylation sites is 1. The molecule has 378 valence electrons. The molecule has 1 aliphatic carbocycles. The molecule has 0 aromatic heterocycles. The Labute approximate surface area is 401 Å². The van der Waals surface area contributed by atoms with Crippen molar-refractivity contribution in [3.05, 3.63) is 70.3 Å². The molecule has 68 heavy (non-hydrogen) atoms. The maximum atomic E-state index is 14.5. The second-order valence-corrected chi connectivity index (χ2v) is 20.9. The molecule has 4 aliphatic rings. The molecule has 0 radical (unpaired) electrons. The standard InChI is InChI=1S/C50H72N2O15S/c1-10-15-36-25-30(2)24-31(3)26-42(63-8)46-43(64-9)28-34(6)50(57,66-46)47(54)48(55)51-23-14-13-17-38(51)49(56)65-45(32(4)19-21-39(36)53)33(5)27-35-20-22-40(41(29-35)62-7)67-68(60,61)44-18-12-11-16-37(44)52(58)59/h10-12,16,18,25,27,31-32,34-36,38,40-43,45-46,57H,1,13-15,17,19-24,26,28-29H2,2-9H3/b30-25+,33-27?. The average Bonchev–Trinajstić information content (AvgIpc) is 3.31. The molecule has 5 rings (SSSR count). The number of hydrogen-bond donors (Lipinski definition) is 1. The summed E-state index contributed by atoms with van der Waals surface area (Å²) in [5.74, 6) is -7.43. The van der Waals surface area contributed by atoms with E-state index in [9.17, 15) is 42.8 Å². The number of hydrogen-bond acceptors (Lipinski definition) is 15. The molecule has 18 heteroatoms. The van der Waals surface area contributed by atoms with E-state index in [1.54, 1.807) is 13.0 Å². The molecule has 2 bridgehead atoms. The van der Waals surface area contributed by atoms with Gasteiger partial charge in [-0.15, -0.1) is 6.58 Å². The van der Waals surface area contributed by atoms with Crippen molar-refractivity contribution in [3.8, 4) is 0 Å². The topological polar surface area (TPSA) is 224 Å². The van der Waals surface area contributed by atoms with Crippen molar-refractivity contribution in [2.75, 3.05) is 27.9 Å². The summed E-state index contributed by atoms with van der Waals surface area (Å²) >= 11 is 0. The van der Waals surface area contributed by atoms with Crippen LogP contribution < -0.4 is 0 Å². The van der Waals surface area contributed by atoms with Crippen molar-refractivity contribution >= 4 is 39.2 Å². The van der Waals surface area contributed by atoms with Crippen LogP contribution in [0.2, 0.25) is 0 Å². The molecule has 3 aliphatic heterocycles. The normalized spacial score (nSPS) is 35.3. The van der Waals surface area contributed by atoms with Gasteiger partial charge in [0.15, 0.2) is 4.90 Å². The molecule has 2 saturated heterocycles. The number of amides is 1. The number of fused-ring (bicyclic) bond motifs is 3. The zero-order valence-electron chi connectivity index (χ0n) is 40.8. The number of nitro groups is 1. The van der Waals surface area contributed by atoms with Gasteiger partial charge in [-0.3, -0.25) is 28.7 Å². The van der Waals surface area contributed by atoms with Crippen molar-refractivity contribution in [1.82, 2.24) is 4.90 Å². The van der Waals surface area contributed by atoms with Crippen molar-refractivity contribution in [2.24, 2.45) is 29.6 Å². The second kappa shape index (κ2) is 24.1. The number of carbonyl (C=O) groups is 4. The Bertz CT molecular complexity index is 2160. The molecule has 13 atom stereocenters. The predicted octanol–water partition coefficient (Wildman–Crippen LogP) is 6.99. The molecule has 1 N–H and O–H groups in total. The van der Waals surface area contributed by atoms with Gasteiger partial charge in [0.05, 0.1) is 23.2 Å². The first-order valence-corrected chi connectivity index (χ1v) is 25.3. The van der Waals surface area contributed by atoms with Crippen LogP contribution in [-0.4, -0.2) is 123 Å². The molecule has 1 saturated carbocycles. The maximum absolute atomic E-state index is 14.5. The molecule has 17 nitrogen and oxygen atoms in total. The van der Waals surface area contributed by atoms with Crippen LogP contribution in [0, 0.1) is 39.7 Å². The summed E-state index contributed by atoms with van der Waals surface area (Å²) < 4.78 is 62.5. The van der Waals surface area contributed by atoms with Gasteiger partial charge in [0.25, 0.3) is 17.4 Å². The average molecular weight is 973 g/mol. The fourth-order valence-electron chi connectivity index (χ4n) is 10.6. The lowest BCUT2D eigenvalue weighted by Gasteiger charge is -2.47. The lowest BCUT2D eigenvalue weighted by Crippen LogP contribution is -2.64. The van der Waals surface area contributed by atoms with Gasteiger partial charge in [0.2, 0.25) is 5.79 Å². The Hall–Kier alpha value is -4.17. The Morgan fingerprint density at radius 3 is 2.29 bits per heavy atom. The predicted molar refractivity (Wildman–Crippen MR) is 250 cm³/mol. The van der Waals surface area contributed by atoms with Gasteiger partial charge in [0, 0.05) is 52.2 Å². The minimum atomic E-state index is -4.55. The van der Waals surface area contributed by atoms with E-state index in [1.165, 1.54) is 38.4 Å². The quantitative estimate of drug-likeness (QED) is 0.0589. The fraction of sp³-hybridized carbons (Fsp3) is 0.680. The highest BCUT2D eigenvalue weighted by Crippen LogP contribution is 2.40. The van der Waals surface area contributed by atoms with Crippen LogP contribution >= 0.6 is 0 Å². The number of carbonyl (C=O) groups excluding carboxylic acids is 4. The summed E-state index contributed by atoms with van der Waals surface area (Å²) in [4.78, 5) is 68.7. The summed E-state index contributed by atoms with van der Waals surface area (Å²) in [5, 5.41) is 23.8. The van der Waals surface area contributed by atoms with Crippen molar-refractivity contribution in [2.45, 2.75) is 165 Å². The summed E-state index contributed by atoms with van der Waals surface area (Å²) in [6, 6.07) is 3.81. The van der Waals surface area contributed by atoms with Gasteiger partial charge in [-0.2, -0.15) is 8.42 Å². The highest BCUT2D eigenvalue weighted by atomic mass is 32.2. The fourth-order valence-corrected chi connectivity index (χ4v) is 11.8. The Kier molecular flexibility index (Phi) is 19.4. The molecule has 1 amide bonds. The van der Waals surface area contributed by atoms with E-state index in [0.717, 1.165) is 17.7 Å². The lowest BCUT2D eigenvalue weighted by atomic mass is 9.82. The zero-order chi connectivity index (χ0) is 50.1.